The highest BCUT2D eigenvalue weighted by atomic mass is 35.5. The van der Waals surface area contributed by atoms with E-state index in [-0.39, 0.29) is 0 Å². The van der Waals surface area contributed by atoms with Gasteiger partial charge < -0.3 is 5.73 Å². The van der Waals surface area contributed by atoms with E-state index in [0.29, 0.717) is 11.0 Å². The number of nitrogens with two attached hydrogens (primary N) is 1. The summed E-state index contributed by atoms with van der Waals surface area (Å²) in [5, 5.41) is 1.70. The molecule has 0 unspecified atom stereocenters. The molecule has 0 aliphatic heterocycles. The summed E-state index contributed by atoms with van der Waals surface area (Å²) >= 11 is 6.02. The van der Waals surface area contributed by atoms with Gasteiger partial charge in [-0.25, -0.2) is 4.98 Å². The molecule has 4 nitrogen and oxygen atoms in total. The van der Waals surface area contributed by atoms with Crippen molar-refractivity contribution in [2.45, 2.75) is 0 Å². The second-order valence-corrected chi connectivity index (χ2v) is 5.23. The number of nitrogens with zero attached hydrogens (tertiary/aromatic N) is 3. The van der Waals surface area contributed by atoms with Crippen molar-refractivity contribution in [3.8, 4) is 5.69 Å². The lowest BCUT2D eigenvalue weighted by Crippen LogP contribution is -2.01. The van der Waals surface area contributed by atoms with E-state index in [9.17, 15) is 0 Å². The van der Waals surface area contributed by atoms with Gasteiger partial charge in [-0.2, -0.15) is 0 Å². The highest BCUT2D eigenvalue weighted by Crippen LogP contribution is 2.28. The first-order valence-electron chi connectivity index (χ1n) is 6.51. The molecular formula is C16H11ClN4. The van der Waals surface area contributed by atoms with Crippen molar-refractivity contribution in [3.63, 3.8) is 0 Å². The molecule has 0 spiro atoms. The molecule has 0 aliphatic carbocycles. The van der Waals surface area contributed by atoms with Gasteiger partial charge in [0.25, 0.3) is 0 Å². The van der Waals surface area contributed by atoms with Crippen LogP contribution in [0.2, 0.25) is 5.02 Å². The molecule has 0 saturated carbocycles. The molecule has 0 atom stereocenters. The first-order chi connectivity index (χ1) is 10.2. The molecule has 0 aliphatic rings. The van der Waals surface area contributed by atoms with Gasteiger partial charge in [0, 0.05) is 16.6 Å². The van der Waals surface area contributed by atoms with Crippen molar-refractivity contribution in [2.24, 2.45) is 0 Å². The number of hydrogen-bond donors (Lipinski definition) is 1. The van der Waals surface area contributed by atoms with Crippen LogP contribution < -0.4 is 5.73 Å². The summed E-state index contributed by atoms with van der Waals surface area (Å²) in [7, 11) is 0. The Hall–Kier alpha value is -2.59. The maximum atomic E-state index is 6.11. The van der Waals surface area contributed by atoms with Crippen LogP contribution in [-0.4, -0.2) is 14.5 Å². The molecule has 2 aromatic heterocycles. The highest BCUT2D eigenvalue weighted by molar-refractivity contribution is 6.31. The zero-order valence-corrected chi connectivity index (χ0v) is 11.7. The lowest BCUT2D eigenvalue weighted by atomic mass is 10.2. The fourth-order valence-electron chi connectivity index (χ4n) is 2.59. The summed E-state index contributed by atoms with van der Waals surface area (Å²) in [6.45, 7) is 0. The van der Waals surface area contributed by atoms with Crippen LogP contribution in [0.4, 0.5) is 5.95 Å². The summed E-state index contributed by atoms with van der Waals surface area (Å²) in [5.74, 6) is 0.422. The molecular weight excluding hydrogens is 284 g/mol. The van der Waals surface area contributed by atoms with Crippen LogP contribution in [0.1, 0.15) is 0 Å². The number of anilines is 1. The second-order valence-electron chi connectivity index (χ2n) is 4.79. The van der Waals surface area contributed by atoms with Gasteiger partial charge in [0.1, 0.15) is 0 Å². The predicted octanol–water partition coefficient (Wildman–Crippen LogP) is 3.81. The van der Waals surface area contributed by atoms with Crippen LogP contribution in [-0.2, 0) is 0 Å². The zero-order valence-electron chi connectivity index (χ0n) is 11.0. The Morgan fingerprint density at radius 1 is 1.05 bits per heavy atom. The number of nitrogen functional groups attached to an aromatic ring is 1. The highest BCUT2D eigenvalue weighted by Gasteiger charge is 2.13. The SMILES string of the molecule is Nc1nc2cc(Cl)ccc2n1-c1cccc2cccnc12. The third-order valence-corrected chi connectivity index (χ3v) is 3.73. The standard InChI is InChI=1S/C16H11ClN4/c17-11-6-7-13-12(9-11)20-16(18)21(13)14-5-1-3-10-4-2-8-19-15(10)14/h1-9H,(H2,18,20). The molecule has 4 rings (SSSR count). The molecule has 0 bridgehead atoms. The molecule has 0 amide bonds. The molecule has 0 radical (unpaired) electrons. The maximum absolute atomic E-state index is 6.11. The third-order valence-electron chi connectivity index (χ3n) is 3.49. The van der Waals surface area contributed by atoms with E-state index in [1.165, 1.54) is 0 Å². The van der Waals surface area contributed by atoms with E-state index in [1.807, 2.05) is 53.1 Å². The summed E-state index contributed by atoms with van der Waals surface area (Å²) in [6, 6.07) is 15.5. The van der Waals surface area contributed by atoms with Gasteiger partial charge in [0.2, 0.25) is 5.95 Å². The monoisotopic (exact) mass is 294 g/mol. The first-order valence-corrected chi connectivity index (χ1v) is 6.89. The number of aromatic nitrogens is 3. The summed E-state index contributed by atoms with van der Waals surface area (Å²) < 4.78 is 1.90. The Morgan fingerprint density at radius 2 is 1.90 bits per heavy atom. The van der Waals surface area contributed by atoms with Gasteiger partial charge in [-0.3, -0.25) is 9.55 Å². The van der Waals surface area contributed by atoms with Crippen LogP contribution in [0.25, 0.3) is 27.6 Å². The quantitative estimate of drug-likeness (QED) is 0.581. The molecule has 4 aromatic rings. The lowest BCUT2D eigenvalue weighted by molar-refractivity contribution is 1.11. The molecule has 2 aromatic carbocycles. The number of imidazole rings is 1. The molecule has 5 heteroatoms. The minimum Gasteiger partial charge on any atom is -0.369 e. The number of fused-ring (bicyclic) bond motifs is 2. The van der Waals surface area contributed by atoms with Crippen LogP contribution in [0.5, 0.6) is 0 Å². The predicted molar refractivity (Wildman–Crippen MR) is 85.8 cm³/mol. The van der Waals surface area contributed by atoms with Crippen LogP contribution >= 0.6 is 11.6 Å². The van der Waals surface area contributed by atoms with Crippen LogP contribution in [0.15, 0.2) is 54.7 Å². The van der Waals surface area contributed by atoms with E-state index >= 15 is 0 Å². The number of para-hydroxylation sites is 1. The molecule has 2 heterocycles. The van der Waals surface area contributed by atoms with Crippen molar-refractivity contribution < 1.29 is 0 Å². The van der Waals surface area contributed by atoms with Crippen molar-refractivity contribution in [1.82, 2.24) is 14.5 Å². The van der Waals surface area contributed by atoms with E-state index in [1.54, 1.807) is 6.20 Å². The van der Waals surface area contributed by atoms with Gasteiger partial charge in [0.15, 0.2) is 0 Å². The number of benzene rings is 2. The van der Waals surface area contributed by atoms with Gasteiger partial charge in [-0.1, -0.05) is 29.8 Å². The normalized spacial score (nSPS) is 11.3. The Kier molecular flexibility index (Phi) is 2.59. The minimum absolute atomic E-state index is 0.422. The maximum Gasteiger partial charge on any atom is 0.206 e. The van der Waals surface area contributed by atoms with E-state index in [4.69, 9.17) is 17.3 Å². The molecule has 102 valence electrons. The van der Waals surface area contributed by atoms with Crippen LogP contribution in [0.3, 0.4) is 0 Å². The molecule has 0 fully saturated rings. The average molecular weight is 295 g/mol. The first kappa shape index (κ1) is 12.2. The van der Waals surface area contributed by atoms with Gasteiger partial charge in [0.05, 0.1) is 22.2 Å². The average Bonchev–Trinajstić information content (AvgIpc) is 2.81. The van der Waals surface area contributed by atoms with E-state index in [0.717, 1.165) is 27.6 Å². The number of rotatable bonds is 1. The fraction of sp³-hybridized carbons (Fsp3) is 0. The van der Waals surface area contributed by atoms with Gasteiger partial charge >= 0.3 is 0 Å². The van der Waals surface area contributed by atoms with Crippen molar-refractivity contribution in [2.75, 3.05) is 5.73 Å². The third kappa shape index (κ3) is 1.84. The Balaban J connectivity index is 2.11. The molecule has 2 N–H and O–H groups in total. The molecule has 21 heavy (non-hydrogen) atoms. The Labute approximate surface area is 125 Å². The zero-order chi connectivity index (χ0) is 14.4. The number of halogens is 1. The summed E-state index contributed by atoms with van der Waals surface area (Å²) in [4.78, 5) is 8.86. The minimum atomic E-state index is 0.422. The smallest absolute Gasteiger partial charge is 0.206 e. The number of hydrogen-bond acceptors (Lipinski definition) is 3. The van der Waals surface area contributed by atoms with E-state index in [2.05, 4.69) is 9.97 Å². The van der Waals surface area contributed by atoms with Crippen molar-refractivity contribution in [3.05, 3.63) is 59.8 Å². The lowest BCUT2D eigenvalue weighted by Gasteiger charge is -2.09. The Bertz CT molecular complexity index is 969. The topological polar surface area (TPSA) is 56.7 Å². The van der Waals surface area contributed by atoms with Gasteiger partial charge in [-0.15, -0.1) is 0 Å². The number of pyridine rings is 1. The largest absolute Gasteiger partial charge is 0.369 e. The fourth-order valence-corrected chi connectivity index (χ4v) is 2.76. The summed E-state index contributed by atoms with van der Waals surface area (Å²) in [6.07, 6.45) is 1.78. The summed E-state index contributed by atoms with van der Waals surface area (Å²) in [5.41, 5.74) is 9.59. The molecule has 0 saturated heterocycles. The van der Waals surface area contributed by atoms with Crippen LogP contribution in [0, 0.1) is 0 Å². The van der Waals surface area contributed by atoms with Crippen molar-refractivity contribution >= 4 is 39.5 Å². The second kappa shape index (κ2) is 4.46. The van der Waals surface area contributed by atoms with Crippen molar-refractivity contribution in [1.29, 1.82) is 0 Å². The van der Waals surface area contributed by atoms with E-state index < -0.39 is 0 Å². The van der Waals surface area contributed by atoms with Gasteiger partial charge in [-0.05, 0) is 30.3 Å². The Morgan fingerprint density at radius 3 is 2.81 bits per heavy atom.